The molecule has 0 atom stereocenters. The first-order valence-corrected chi connectivity index (χ1v) is 10.5. The van der Waals surface area contributed by atoms with Crippen molar-refractivity contribution in [1.29, 1.82) is 0 Å². The highest BCUT2D eigenvalue weighted by Gasteiger charge is 2.39. The number of imide groups is 1. The van der Waals surface area contributed by atoms with Gasteiger partial charge in [0.2, 0.25) is 0 Å². The Morgan fingerprint density at radius 3 is 2.45 bits per heavy atom. The third-order valence-electron chi connectivity index (χ3n) is 5.28. The van der Waals surface area contributed by atoms with E-state index in [4.69, 9.17) is 9.47 Å². The number of rotatable bonds is 9. The van der Waals surface area contributed by atoms with Crippen LogP contribution in [0.3, 0.4) is 0 Å². The van der Waals surface area contributed by atoms with Crippen LogP contribution < -0.4 is 10.1 Å². The van der Waals surface area contributed by atoms with Crippen LogP contribution in [0.4, 0.5) is 5.69 Å². The van der Waals surface area contributed by atoms with Crippen LogP contribution in [0.15, 0.2) is 48.2 Å². The molecule has 164 valence electrons. The van der Waals surface area contributed by atoms with E-state index in [1.165, 1.54) is 4.90 Å². The third kappa shape index (κ3) is 5.14. The number of amides is 2. The average Bonchev–Trinajstić information content (AvgIpc) is 2.97. The van der Waals surface area contributed by atoms with Gasteiger partial charge in [0.05, 0.1) is 18.8 Å². The SMILES string of the molecule is COc1cccc(NC2=C(c3ccc(C)c(C)c3)C(=O)N(CCCOC(C)C)C2=O)c1. The van der Waals surface area contributed by atoms with Crippen LogP contribution >= 0.6 is 0 Å². The number of methoxy groups -OCH3 is 1. The molecule has 0 fully saturated rings. The Balaban J connectivity index is 1.94. The number of hydrogen-bond acceptors (Lipinski definition) is 5. The van der Waals surface area contributed by atoms with Crippen molar-refractivity contribution in [1.82, 2.24) is 4.90 Å². The minimum absolute atomic E-state index is 0.111. The third-order valence-corrected chi connectivity index (χ3v) is 5.28. The summed E-state index contributed by atoms with van der Waals surface area (Å²) in [6.07, 6.45) is 0.696. The molecule has 6 heteroatoms. The van der Waals surface area contributed by atoms with Crippen molar-refractivity contribution in [3.8, 4) is 5.75 Å². The zero-order chi connectivity index (χ0) is 22.5. The summed E-state index contributed by atoms with van der Waals surface area (Å²) in [7, 11) is 1.59. The summed E-state index contributed by atoms with van der Waals surface area (Å²) in [5.41, 5.74) is 4.28. The molecule has 1 aliphatic rings. The summed E-state index contributed by atoms with van der Waals surface area (Å²) in [6.45, 7) is 8.74. The Morgan fingerprint density at radius 1 is 1.00 bits per heavy atom. The molecule has 0 bridgehead atoms. The molecule has 6 nitrogen and oxygen atoms in total. The van der Waals surface area contributed by atoms with E-state index in [2.05, 4.69) is 5.32 Å². The number of hydrogen-bond donors (Lipinski definition) is 1. The van der Waals surface area contributed by atoms with Gasteiger partial charge in [0.15, 0.2) is 0 Å². The molecule has 0 saturated heterocycles. The second kappa shape index (κ2) is 9.79. The van der Waals surface area contributed by atoms with Gasteiger partial charge in [-0.25, -0.2) is 0 Å². The van der Waals surface area contributed by atoms with E-state index in [1.807, 2.05) is 64.1 Å². The highest BCUT2D eigenvalue weighted by atomic mass is 16.5. The monoisotopic (exact) mass is 422 g/mol. The lowest BCUT2D eigenvalue weighted by Crippen LogP contribution is -2.34. The number of anilines is 1. The molecule has 2 amide bonds. The van der Waals surface area contributed by atoms with Crippen LogP contribution in [0.1, 0.15) is 37.0 Å². The molecule has 2 aromatic carbocycles. The van der Waals surface area contributed by atoms with Crippen molar-refractivity contribution in [3.05, 3.63) is 64.9 Å². The van der Waals surface area contributed by atoms with Gasteiger partial charge in [-0.1, -0.05) is 24.3 Å². The molecule has 0 spiro atoms. The van der Waals surface area contributed by atoms with Crippen LogP contribution in [0, 0.1) is 13.8 Å². The van der Waals surface area contributed by atoms with E-state index in [0.29, 0.717) is 36.6 Å². The lowest BCUT2D eigenvalue weighted by atomic mass is 9.99. The van der Waals surface area contributed by atoms with Crippen LogP contribution in [-0.4, -0.2) is 43.1 Å². The molecule has 0 aromatic heterocycles. The van der Waals surface area contributed by atoms with E-state index in [9.17, 15) is 9.59 Å². The minimum Gasteiger partial charge on any atom is -0.497 e. The number of ether oxygens (including phenoxy) is 2. The van der Waals surface area contributed by atoms with Crippen LogP contribution in [0.25, 0.3) is 5.57 Å². The molecule has 1 heterocycles. The van der Waals surface area contributed by atoms with E-state index in [1.54, 1.807) is 13.2 Å². The summed E-state index contributed by atoms with van der Waals surface area (Å²) >= 11 is 0. The van der Waals surface area contributed by atoms with Gasteiger partial charge in [-0.3, -0.25) is 14.5 Å². The summed E-state index contributed by atoms with van der Waals surface area (Å²) in [4.78, 5) is 27.9. The number of nitrogens with one attached hydrogen (secondary N) is 1. The first-order chi connectivity index (χ1) is 14.8. The highest BCUT2D eigenvalue weighted by molar-refractivity contribution is 6.36. The molecule has 0 unspecified atom stereocenters. The zero-order valence-corrected chi connectivity index (χ0v) is 18.8. The van der Waals surface area contributed by atoms with Crippen molar-refractivity contribution in [3.63, 3.8) is 0 Å². The Hall–Kier alpha value is -3.12. The standard InChI is InChI=1S/C25H30N2O4/c1-16(2)31-13-7-12-27-24(28)22(19-11-10-17(3)18(4)14-19)23(25(27)29)26-20-8-6-9-21(15-20)30-5/h6,8-11,14-16,26H,7,12-13H2,1-5H3. The van der Waals surface area contributed by atoms with Crippen LogP contribution in [0.5, 0.6) is 5.75 Å². The van der Waals surface area contributed by atoms with Gasteiger partial charge in [0, 0.05) is 24.9 Å². The van der Waals surface area contributed by atoms with E-state index in [0.717, 1.165) is 16.7 Å². The first-order valence-electron chi connectivity index (χ1n) is 10.5. The minimum atomic E-state index is -0.328. The normalized spacial score (nSPS) is 14.1. The maximum atomic E-state index is 13.3. The molecule has 3 rings (SSSR count). The fraction of sp³-hybridized carbons (Fsp3) is 0.360. The Morgan fingerprint density at radius 2 is 1.77 bits per heavy atom. The summed E-state index contributed by atoms with van der Waals surface area (Å²) < 4.78 is 10.8. The lowest BCUT2D eigenvalue weighted by molar-refractivity contribution is -0.137. The maximum Gasteiger partial charge on any atom is 0.278 e. The molecule has 0 aliphatic carbocycles. The van der Waals surface area contributed by atoms with Crippen molar-refractivity contribution < 1.29 is 19.1 Å². The van der Waals surface area contributed by atoms with Gasteiger partial charge in [-0.2, -0.15) is 0 Å². The Bertz CT molecular complexity index is 1010. The van der Waals surface area contributed by atoms with Gasteiger partial charge >= 0.3 is 0 Å². The van der Waals surface area contributed by atoms with Gasteiger partial charge < -0.3 is 14.8 Å². The molecule has 1 aliphatic heterocycles. The largest absolute Gasteiger partial charge is 0.497 e. The van der Waals surface area contributed by atoms with Gasteiger partial charge in [0.25, 0.3) is 11.8 Å². The maximum absolute atomic E-state index is 13.3. The molecule has 31 heavy (non-hydrogen) atoms. The molecule has 0 radical (unpaired) electrons. The summed E-state index contributed by atoms with van der Waals surface area (Å²) in [6, 6.07) is 13.1. The molecule has 2 aromatic rings. The highest BCUT2D eigenvalue weighted by Crippen LogP contribution is 2.32. The fourth-order valence-corrected chi connectivity index (χ4v) is 3.45. The average molecular weight is 423 g/mol. The summed E-state index contributed by atoms with van der Waals surface area (Å²) in [5, 5.41) is 3.17. The van der Waals surface area contributed by atoms with Crippen molar-refractivity contribution >= 4 is 23.1 Å². The smallest absolute Gasteiger partial charge is 0.278 e. The van der Waals surface area contributed by atoms with Crippen LogP contribution in [-0.2, 0) is 14.3 Å². The number of nitrogens with zero attached hydrogens (tertiary/aromatic N) is 1. The number of aryl methyl sites for hydroxylation is 2. The lowest BCUT2D eigenvalue weighted by Gasteiger charge is -2.16. The molecule has 0 saturated carbocycles. The quantitative estimate of drug-likeness (QED) is 0.482. The predicted octanol–water partition coefficient (Wildman–Crippen LogP) is 4.32. The van der Waals surface area contributed by atoms with Crippen LogP contribution in [0.2, 0.25) is 0 Å². The topological polar surface area (TPSA) is 67.9 Å². The Kier molecular flexibility index (Phi) is 7.13. The molecular weight excluding hydrogens is 392 g/mol. The summed E-state index contributed by atoms with van der Waals surface area (Å²) in [5.74, 6) is 0.0478. The predicted molar refractivity (Wildman–Crippen MR) is 122 cm³/mol. The second-order valence-electron chi connectivity index (χ2n) is 7.94. The van der Waals surface area contributed by atoms with Gasteiger partial charge in [-0.15, -0.1) is 0 Å². The van der Waals surface area contributed by atoms with Gasteiger partial charge in [-0.05, 0) is 62.9 Å². The van der Waals surface area contributed by atoms with Crippen molar-refractivity contribution in [2.24, 2.45) is 0 Å². The zero-order valence-electron chi connectivity index (χ0n) is 18.8. The van der Waals surface area contributed by atoms with E-state index < -0.39 is 0 Å². The van der Waals surface area contributed by atoms with Crippen molar-refractivity contribution in [2.45, 2.75) is 40.2 Å². The Labute approximate surface area is 183 Å². The number of benzene rings is 2. The number of carbonyl (C=O) groups is 2. The molecule has 1 N–H and O–H groups in total. The van der Waals surface area contributed by atoms with E-state index >= 15 is 0 Å². The number of carbonyl (C=O) groups excluding carboxylic acids is 2. The second-order valence-corrected chi connectivity index (χ2v) is 7.94. The van der Waals surface area contributed by atoms with Gasteiger partial charge in [0.1, 0.15) is 11.4 Å². The fourth-order valence-electron chi connectivity index (χ4n) is 3.45. The van der Waals surface area contributed by atoms with Crippen molar-refractivity contribution in [2.75, 3.05) is 25.6 Å². The van der Waals surface area contributed by atoms with E-state index in [-0.39, 0.29) is 23.6 Å². The molecular formula is C25H30N2O4. The first kappa shape index (κ1) is 22.6.